The molecule has 0 radical (unpaired) electrons. The second-order valence-electron chi connectivity index (χ2n) is 11.6. The lowest BCUT2D eigenvalue weighted by atomic mass is 9.98. The van der Waals surface area contributed by atoms with Crippen LogP contribution in [0.3, 0.4) is 0 Å². The van der Waals surface area contributed by atoms with Gasteiger partial charge in [0, 0.05) is 61.8 Å². The van der Waals surface area contributed by atoms with Crippen LogP contribution in [0.2, 0.25) is 0 Å². The first-order chi connectivity index (χ1) is 22.4. The minimum Gasteiger partial charge on any atom is -0.493 e. The van der Waals surface area contributed by atoms with Crippen LogP contribution < -0.4 is 25.4 Å². The predicted octanol–water partition coefficient (Wildman–Crippen LogP) is 5.31. The standard InChI is InChI=1S/C37H39N5O4/c1-41-17-19-42(20-18-41)24-25-9-13-29(14-10-25)39-35(27-7-5-4-6-8-27)34-30-22-28(12-15-31(30)40-37(34)44)36(43)38-23-26-11-16-32(45-2)33(21-26)46-3/h4-16,21-22,39H,17-20,23-24H2,1-3H3,(H,38,43)(H,40,44)/b35-34-. The predicted molar refractivity (Wildman–Crippen MR) is 182 cm³/mol. The van der Waals surface area contributed by atoms with Crippen molar-refractivity contribution >= 4 is 34.5 Å². The van der Waals surface area contributed by atoms with Crippen LogP contribution in [0.5, 0.6) is 11.5 Å². The lowest BCUT2D eigenvalue weighted by Crippen LogP contribution is -2.43. The number of carbonyl (C=O) groups is 2. The summed E-state index contributed by atoms with van der Waals surface area (Å²) in [5.74, 6) is 0.742. The van der Waals surface area contributed by atoms with Crippen molar-refractivity contribution in [2.75, 3.05) is 58.1 Å². The molecule has 2 amide bonds. The van der Waals surface area contributed by atoms with Crippen molar-refractivity contribution in [3.63, 3.8) is 0 Å². The lowest BCUT2D eigenvalue weighted by Gasteiger charge is -2.32. The van der Waals surface area contributed by atoms with Crippen molar-refractivity contribution < 1.29 is 19.1 Å². The van der Waals surface area contributed by atoms with Crippen LogP contribution >= 0.6 is 0 Å². The Morgan fingerprint density at radius 3 is 2.24 bits per heavy atom. The van der Waals surface area contributed by atoms with Crippen LogP contribution in [-0.2, 0) is 17.9 Å². The van der Waals surface area contributed by atoms with E-state index < -0.39 is 0 Å². The summed E-state index contributed by atoms with van der Waals surface area (Å²) in [5.41, 5.74) is 6.80. The Morgan fingerprint density at radius 1 is 0.804 bits per heavy atom. The van der Waals surface area contributed by atoms with Gasteiger partial charge in [0.05, 0.1) is 25.5 Å². The molecule has 4 aromatic carbocycles. The number of methoxy groups -OCH3 is 2. The smallest absolute Gasteiger partial charge is 0.258 e. The minimum absolute atomic E-state index is 0.226. The molecule has 2 heterocycles. The van der Waals surface area contributed by atoms with E-state index in [9.17, 15) is 9.59 Å². The number of rotatable bonds is 10. The van der Waals surface area contributed by atoms with Crippen LogP contribution in [0.4, 0.5) is 11.4 Å². The number of benzene rings is 4. The summed E-state index contributed by atoms with van der Waals surface area (Å²) in [4.78, 5) is 31.6. The number of hydrogen-bond donors (Lipinski definition) is 3. The van der Waals surface area contributed by atoms with Gasteiger partial charge in [0.2, 0.25) is 0 Å². The summed E-state index contributed by atoms with van der Waals surface area (Å²) < 4.78 is 10.7. The second-order valence-corrected chi connectivity index (χ2v) is 11.6. The molecule has 0 spiro atoms. The van der Waals surface area contributed by atoms with E-state index in [1.807, 2.05) is 48.5 Å². The van der Waals surface area contributed by atoms with E-state index in [-0.39, 0.29) is 11.8 Å². The second kappa shape index (κ2) is 13.9. The van der Waals surface area contributed by atoms with Gasteiger partial charge in [-0.3, -0.25) is 14.5 Å². The quantitative estimate of drug-likeness (QED) is 0.208. The van der Waals surface area contributed by atoms with Crippen molar-refractivity contribution in [1.29, 1.82) is 0 Å². The highest BCUT2D eigenvalue weighted by Gasteiger charge is 2.29. The summed E-state index contributed by atoms with van der Waals surface area (Å²) in [6, 6.07) is 29.0. The van der Waals surface area contributed by atoms with E-state index in [0.29, 0.717) is 46.1 Å². The van der Waals surface area contributed by atoms with E-state index in [4.69, 9.17) is 9.47 Å². The number of piperazine rings is 1. The van der Waals surface area contributed by atoms with E-state index in [2.05, 4.69) is 57.1 Å². The van der Waals surface area contributed by atoms with Crippen molar-refractivity contribution in [2.45, 2.75) is 13.1 Å². The molecular formula is C37H39N5O4. The number of hydrogen-bond acceptors (Lipinski definition) is 7. The summed E-state index contributed by atoms with van der Waals surface area (Å²) >= 11 is 0. The molecule has 0 unspecified atom stereocenters. The fraction of sp³-hybridized carbons (Fsp3) is 0.243. The largest absolute Gasteiger partial charge is 0.493 e. The molecule has 2 aliphatic rings. The minimum atomic E-state index is -0.249. The van der Waals surface area contributed by atoms with Crippen LogP contribution in [0, 0.1) is 0 Å². The Bertz CT molecular complexity index is 1750. The normalized spacial score (nSPS) is 15.9. The molecule has 46 heavy (non-hydrogen) atoms. The SMILES string of the molecule is COc1ccc(CNC(=O)c2ccc3c(c2)/C(=C(/Nc2ccc(CN4CCN(C)CC4)cc2)c2ccccc2)C(=O)N3)cc1OC. The first kappa shape index (κ1) is 30.9. The van der Waals surface area contributed by atoms with Crippen LogP contribution in [0.15, 0.2) is 91.0 Å². The van der Waals surface area contributed by atoms with Gasteiger partial charge in [-0.1, -0.05) is 48.5 Å². The molecule has 1 saturated heterocycles. The Kier molecular flexibility index (Phi) is 9.33. The Labute approximate surface area is 269 Å². The number of carbonyl (C=O) groups excluding carboxylic acids is 2. The van der Waals surface area contributed by atoms with Gasteiger partial charge >= 0.3 is 0 Å². The highest BCUT2D eigenvalue weighted by Crippen LogP contribution is 2.38. The summed E-state index contributed by atoms with van der Waals surface area (Å²) in [7, 11) is 5.33. The molecule has 9 heteroatoms. The molecule has 0 bridgehead atoms. The van der Waals surface area contributed by atoms with Crippen molar-refractivity contribution in [3.8, 4) is 11.5 Å². The number of amides is 2. The maximum absolute atomic E-state index is 13.5. The van der Waals surface area contributed by atoms with Gasteiger partial charge in [-0.15, -0.1) is 0 Å². The maximum Gasteiger partial charge on any atom is 0.258 e. The van der Waals surface area contributed by atoms with E-state index >= 15 is 0 Å². The molecule has 0 aromatic heterocycles. The average molecular weight is 618 g/mol. The molecule has 6 rings (SSSR count). The first-order valence-electron chi connectivity index (χ1n) is 15.4. The Morgan fingerprint density at radius 2 is 1.52 bits per heavy atom. The van der Waals surface area contributed by atoms with E-state index in [0.717, 1.165) is 49.5 Å². The molecule has 4 aromatic rings. The number of fused-ring (bicyclic) bond motifs is 1. The third-order valence-corrected chi connectivity index (χ3v) is 8.47. The topological polar surface area (TPSA) is 95.2 Å². The van der Waals surface area contributed by atoms with Gasteiger partial charge < -0.3 is 30.3 Å². The maximum atomic E-state index is 13.5. The zero-order chi connectivity index (χ0) is 32.0. The number of anilines is 2. The van der Waals surface area contributed by atoms with E-state index in [1.54, 1.807) is 32.4 Å². The molecular weight excluding hydrogens is 578 g/mol. The molecule has 0 atom stereocenters. The van der Waals surface area contributed by atoms with Crippen LogP contribution in [0.1, 0.15) is 32.6 Å². The summed E-state index contributed by atoms with van der Waals surface area (Å²) in [6.07, 6.45) is 0. The van der Waals surface area contributed by atoms with Gasteiger partial charge in [-0.05, 0) is 66.2 Å². The summed E-state index contributed by atoms with van der Waals surface area (Å²) in [5, 5.41) is 9.50. The zero-order valence-electron chi connectivity index (χ0n) is 26.4. The molecule has 236 valence electrons. The third kappa shape index (κ3) is 6.91. The number of nitrogens with zero attached hydrogens (tertiary/aromatic N) is 2. The average Bonchev–Trinajstić information content (AvgIpc) is 3.42. The van der Waals surface area contributed by atoms with Gasteiger partial charge in [0.25, 0.3) is 11.8 Å². The van der Waals surface area contributed by atoms with E-state index in [1.165, 1.54) is 5.56 Å². The Hall–Kier alpha value is -5.12. The fourth-order valence-electron chi connectivity index (χ4n) is 5.82. The molecule has 3 N–H and O–H groups in total. The van der Waals surface area contributed by atoms with Crippen molar-refractivity contribution in [3.05, 3.63) is 119 Å². The fourth-order valence-corrected chi connectivity index (χ4v) is 5.82. The first-order valence-corrected chi connectivity index (χ1v) is 15.4. The molecule has 0 saturated carbocycles. The molecule has 0 aliphatic carbocycles. The van der Waals surface area contributed by atoms with Gasteiger partial charge in [-0.2, -0.15) is 0 Å². The number of likely N-dealkylation sites (N-methyl/N-ethyl adjacent to an activating group) is 1. The highest BCUT2D eigenvalue weighted by atomic mass is 16.5. The van der Waals surface area contributed by atoms with Crippen molar-refractivity contribution in [1.82, 2.24) is 15.1 Å². The lowest BCUT2D eigenvalue weighted by molar-refractivity contribution is -0.110. The summed E-state index contributed by atoms with van der Waals surface area (Å²) in [6.45, 7) is 5.50. The van der Waals surface area contributed by atoms with Gasteiger partial charge in [0.15, 0.2) is 11.5 Å². The van der Waals surface area contributed by atoms with Gasteiger partial charge in [-0.25, -0.2) is 0 Å². The van der Waals surface area contributed by atoms with Gasteiger partial charge in [0.1, 0.15) is 0 Å². The molecule has 1 fully saturated rings. The monoisotopic (exact) mass is 617 g/mol. The van der Waals surface area contributed by atoms with Crippen LogP contribution in [-0.4, -0.2) is 69.1 Å². The molecule has 9 nitrogen and oxygen atoms in total. The zero-order valence-corrected chi connectivity index (χ0v) is 26.4. The highest BCUT2D eigenvalue weighted by molar-refractivity contribution is 6.37. The number of nitrogens with one attached hydrogen (secondary N) is 3. The van der Waals surface area contributed by atoms with Crippen molar-refractivity contribution in [2.24, 2.45) is 0 Å². The number of ether oxygens (including phenoxy) is 2. The molecule has 2 aliphatic heterocycles. The Balaban J connectivity index is 1.25. The third-order valence-electron chi connectivity index (χ3n) is 8.47. The van der Waals surface area contributed by atoms with Crippen LogP contribution in [0.25, 0.3) is 11.3 Å².